The molecule has 1 aliphatic heterocycles. The number of amidine groups is 1. The van der Waals surface area contributed by atoms with Gasteiger partial charge in [-0.15, -0.1) is 0 Å². The van der Waals surface area contributed by atoms with Crippen LogP contribution in [0.1, 0.15) is 13.3 Å². The van der Waals surface area contributed by atoms with Crippen LogP contribution in [0.25, 0.3) is 0 Å². The van der Waals surface area contributed by atoms with E-state index in [2.05, 4.69) is 9.89 Å². The van der Waals surface area contributed by atoms with Crippen LogP contribution < -0.4 is 0 Å². The van der Waals surface area contributed by atoms with Gasteiger partial charge >= 0.3 is 0 Å². The Morgan fingerprint density at radius 1 is 1.58 bits per heavy atom. The number of nitriles is 1. The first-order valence-corrected chi connectivity index (χ1v) is 4.16. The van der Waals surface area contributed by atoms with Crippen LogP contribution in [0, 0.1) is 11.5 Å². The van der Waals surface area contributed by atoms with Crippen LogP contribution in [0.2, 0.25) is 0 Å². The third-order valence-electron chi connectivity index (χ3n) is 1.87. The Morgan fingerprint density at radius 2 is 2.25 bits per heavy atom. The zero-order valence-corrected chi connectivity index (χ0v) is 7.29. The van der Waals surface area contributed by atoms with Crippen molar-refractivity contribution >= 4 is 5.84 Å². The first kappa shape index (κ1) is 9.01. The molecule has 12 heavy (non-hydrogen) atoms. The third kappa shape index (κ3) is 2.21. The first-order valence-electron chi connectivity index (χ1n) is 4.16. The molecular weight excluding hydrogens is 154 g/mol. The molecule has 1 aliphatic rings. The topological polar surface area (TPSA) is 48.6 Å². The first-order chi connectivity index (χ1) is 5.88. The Balaban J connectivity index is 2.53. The van der Waals surface area contributed by atoms with Crippen molar-refractivity contribution in [3.05, 3.63) is 0 Å². The minimum absolute atomic E-state index is 0.741. The lowest BCUT2D eigenvalue weighted by atomic mass is 10.3. The summed E-state index contributed by atoms with van der Waals surface area (Å²) in [5, 5.41) is 8.40. The molecule has 0 amide bonds. The van der Waals surface area contributed by atoms with Crippen molar-refractivity contribution in [2.45, 2.75) is 13.3 Å². The van der Waals surface area contributed by atoms with Gasteiger partial charge in [0.25, 0.3) is 0 Å². The Kier molecular flexibility index (Phi) is 3.55. The summed E-state index contributed by atoms with van der Waals surface area (Å²) in [6, 6.07) is 0. The van der Waals surface area contributed by atoms with E-state index in [4.69, 9.17) is 10.00 Å². The van der Waals surface area contributed by atoms with Gasteiger partial charge < -0.3 is 9.64 Å². The Morgan fingerprint density at radius 3 is 2.75 bits per heavy atom. The summed E-state index contributed by atoms with van der Waals surface area (Å²) in [6.45, 7) is 5.20. The molecule has 1 saturated heterocycles. The maximum absolute atomic E-state index is 8.40. The summed E-state index contributed by atoms with van der Waals surface area (Å²) in [5.74, 6) is 0.876. The van der Waals surface area contributed by atoms with E-state index in [0.717, 1.165) is 38.6 Å². The highest BCUT2D eigenvalue weighted by Crippen LogP contribution is 2.01. The number of hydrogen-bond acceptors (Lipinski definition) is 3. The average molecular weight is 167 g/mol. The smallest absolute Gasteiger partial charge is 0.207 e. The monoisotopic (exact) mass is 167 g/mol. The molecule has 66 valence electrons. The molecule has 0 radical (unpaired) electrons. The van der Waals surface area contributed by atoms with Crippen LogP contribution in [0.3, 0.4) is 0 Å². The molecule has 0 spiro atoms. The van der Waals surface area contributed by atoms with Gasteiger partial charge in [-0.05, 0) is 0 Å². The second kappa shape index (κ2) is 4.73. The maximum Gasteiger partial charge on any atom is 0.207 e. The minimum Gasteiger partial charge on any atom is -0.378 e. The van der Waals surface area contributed by atoms with Crippen molar-refractivity contribution in [1.29, 1.82) is 5.26 Å². The van der Waals surface area contributed by atoms with Crippen LogP contribution in [-0.4, -0.2) is 37.0 Å². The molecule has 0 aromatic heterocycles. The van der Waals surface area contributed by atoms with E-state index >= 15 is 0 Å². The molecule has 4 nitrogen and oxygen atoms in total. The average Bonchev–Trinajstić information content (AvgIpc) is 2.15. The van der Waals surface area contributed by atoms with Gasteiger partial charge in [0.05, 0.1) is 13.2 Å². The molecule has 1 heterocycles. The highest BCUT2D eigenvalue weighted by molar-refractivity contribution is 5.82. The zero-order chi connectivity index (χ0) is 8.81. The molecular formula is C8H13N3O. The lowest BCUT2D eigenvalue weighted by molar-refractivity contribution is 0.0673. The molecule has 4 heteroatoms. The van der Waals surface area contributed by atoms with E-state index in [1.165, 1.54) is 0 Å². The number of aliphatic imine (C=N–C) groups is 1. The molecule has 1 fully saturated rings. The molecule has 1 rings (SSSR count). The molecule has 0 saturated carbocycles. The van der Waals surface area contributed by atoms with Crippen molar-refractivity contribution < 1.29 is 4.74 Å². The summed E-state index contributed by atoms with van der Waals surface area (Å²) < 4.78 is 5.19. The lowest BCUT2D eigenvalue weighted by Crippen LogP contribution is -2.40. The van der Waals surface area contributed by atoms with Crippen molar-refractivity contribution in [3.8, 4) is 6.19 Å². The number of hydrogen-bond donors (Lipinski definition) is 0. The fraction of sp³-hybridized carbons (Fsp3) is 0.750. The van der Waals surface area contributed by atoms with E-state index in [0.29, 0.717) is 0 Å². The Hall–Kier alpha value is -1.08. The molecule has 0 atom stereocenters. The highest BCUT2D eigenvalue weighted by Gasteiger charge is 2.12. The minimum atomic E-state index is 0.741. The summed E-state index contributed by atoms with van der Waals surface area (Å²) >= 11 is 0. The summed E-state index contributed by atoms with van der Waals surface area (Å²) in [5.41, 5.74) is 0. The fourth-order valence-corrected chi connectivity index (χ4v) is 1.25. The quantitative estimate of drug-likeness (QED) is 0.326. The van der Waals surface area contributed by atoms with Crippen LogP contribution in [0.5, 0.6) is 0 Å². The number of ether oxygens (including phenoxy) is 1. The Bertz CT molecular complexity index is 201. The van der Waals surface area contributed by atoms with Gasteiger partial charge in [-0.25, -0.2) is 0 Å². The predicted octanol–water partition coefficient (Wildman–Crippen LogP) is 0.608. The number of morpholine rings is 1. The fourth-order valence-electron chi connectivity index (χ4n) is 1.25. The van der Waals surface area contributed by atoms with Gasteiger partial charge in [0.2, 0.25) is 6.19 Å². The summed E-state index contributed by atoms with van der Waals surface area (Å²) in [7, 11) is 0. The maximum atomic E-state index is 8.40. The van der Waals surface area contributed by atoms with Crippen LogP contribution in [0.15, 0.2) is 4.99 Å². The molecule has 0 unspecified atom stereocenters. The molecule has 0 aromatic carbocycles. The molecule has 0 aromatic rings. The van der Waals surface area contributed by atoms with Crippen molar-refractivity contribution in [2.24, 2.45) is 4.99 Å². The highest BCUT2D eigenvalue weighted by atomic mass is 16.5. The van der Waals surface area contributed by atoms with E-state index in [9.17, 15) is 0 Å². The van der Waals surface area contributed by atoms with Crippen LogP contribution >= 0.6 is 0 Å². The van der Waals surface area contributed by atoms with Gasteiger partial charge in [0.1, 0.15) is 5.84 Å². The number of rotatable bonds is 1. The van der Waals surface area contributed by atoms with Gasteiger partial charge in [0, 0.05) is 19.5 Å². The van der Waals surface area contributed by atoms with Crippen molar-refractivity contribution in [1.82, 2.24) is 4.90 Å². The van der Waals surface area contributed by atoms with Crippen molar-refractivity contribution in [3.63, 3.8) is 0 Å². The van der Waals surface area contributed by atoms with E-state index in [1.54, 1.807) is 0 Å². The van der Waals surface area contributed by atoms with E-state index in [-0.39, 0.29) is 0 Å². The van der Waals surface area contributed by atoms with Gasteiger partial charge in [-0.2, -0.15) is 10.3 Å². The third-order valence-corrected chi connectivity index (χ3v) is 1.87. The largest absolute Gasteiger partial charge is 0.378 e. The number of nitrogens with zero attached hydrogens (tertiary/aromatic N) is 3. The molecule has 0 bridgehead atoms. The summed E-state index contributed by atoms with van der Waals surface area (Å²) in [4.78, 5) is 5.86. The second-order valence-electron chi connectivity index (χ2n) is 2.58. The lowest BCUT2D eigenvalue weighted by Gasteiger charge is -2.28. The van der Waals surface area contributed by atoms with Gasteiger partial charge in [-0.1, -0.05) is 6.92 Å². The summed E-state index contributed by atoms with van der Waals surface area (Å²) in [6.07, 6.45) is 2.63. The standard InChI is InChI=1S/C8H13N3O/c1-2-8(10-7-9)11-3-5-12-6-4-11/h2-6H2,1H3/b10-8-. The SMILES string of the molecule is CC/C(=N/C#N)N1CCOCC1. The van der Waals surface area contributed by atoms with Crippen molar-refractivity contribution in [2.75, 3.05) is 26.3 Å². The van der Waals surface area contributed by atoms with Crippen LogP contribution in [0.4, 0.5) is 0 Å². The molecule has 0 aliphatic carbocycles. The van der Waals surface area contributed by atoms with E-state index < -0.39 is 0 Å². The van der Waals surface area contributed by atoms with Gasteiger partial charge in [0.15, 0.2) is 0 Å². The normalized spacial score (nSPS) is 19.0. The van der Waals surface area contributed by atoms with Gasteiger partial charge in [-0.3, -0.25) is 0 Å². The predicted molar refractivity (Wildman–Crippen MR) is 45.7 cm³/mol. The van der Waals surface area contributed by atoms with Crippen LogP contribution in [-0.2, 0) is 4.74 Å². The Labute approximate surface area is 72.4 Å². The zero-order valence-electron chi connectivity index (χ0n) is 7.29. The molecule has 0 N–H and O–H groups in total. The second-order valence-corrected chi connectivity index (χ2v) is 2.58. The van der Waals surface area contributed by atoms with E-state index in [1.807, 2.05) is 13.1 Å².